The van der Waals surface area contributed by atoms with Gasteiger partial charge in [-0.2, -0.15) is 0 Å². The highest BCUT2D eigenvalue weighted by Crippen LogP contribution is 2.47. The van der Waals surface area contributed by atoms with Gasteiger partial charge in [0.1, 0.15) is 0 Å². The zero-order chi connectivity index (χ0) is 19.7. The third kappa shape index (κ3) is 3.69. The van der Waals surface area contributed by atoms with Gasteiger partial charge in [0.25, 0.3) is 0 Å². The van der Waals surface area contributed by atoms with Gasteiger partial charge in [0.05, 0.1) is 11.8 Å². The zero-order valence-corrected chi connectivity index (χ0v) is 16.8. The molecule has 5 heteroatoms. The maximum absolute atomic E-state index is 13.0. The Hall–Kier alpha value is -1.88. The predicted octanol–water partition coefficient (Wildman–Crippen LogP) is 2.66. The quantitative estimate of drug-likeness (QED) is 0.821. The number of piperidine rings is 1. The monoisotopic (exact) mass is 383 g/mol. The highest BCUT2D eigenvalue weighted by molar-refractivity contribution is 5.84. The van der Waals surface area contributed by atoms with Crippen LogP contribution in [0.25, 0.3) is 0 Å². The Morgan fingerprint density at radius 2 is 1.79 bits per heavy atom. The van der Waals surface area contributed by atoms with E-state index in [0.29, 0.717) is 11.8 Å². The molecule has 152 valence electrons. The maximum atomic E-state index is 13.0. The molecular weight excluding hydrogens is 350 g/mol. The molecule has 5 unspecified atom stereocenters. The highest BCUT2D eigenvalue weighted by Gasteiger charge is 2.49. The Morgan fingerprint density at radius 3 is 2.39 bits per heavy atom. The van der Waals surface area contributed by atoms with Gasteiger partial charge >= 0.3 is 0 Å². The van der Waals surface area contributed by atoms with E-state index < -0.39 is 0 Å². The molecule has 1 heterocycles. The summed E-state index contributed by atoms with van der Waals surface area (Å²) in [6, 6.07) is 10.3. The minimum Gasteiger partial charge on any atom is -0.353 e. The van der Waals surface area contributed by atoms with Gasteiger partial charge in [0, 0.05) is 25.2 Å². The number of hydrogen-bond donors (Lipinski definition) is 2. The largest absolute Gasteiger partial charge is 0.353 e. The highest BCUT2D eigenvalue weighted by atomic mass is 16.2. The summed E-state index contributed by atoms with van der Waals surface area (Å²) in [6.07, 6.45) is 5.95. The normalized spacial score (nSPS) is 31.0. The molecule has 1 aromatic carbocycles. The third-order valence-electron chi connectivity index (χ3n) is 7.34. The Bertz CT molecular complexity index is 697. The molecule has 2 bridgehead atoms. The molecule has 1 saturated heterocycles. The maximum Gasteiger partial charge on any atom is 0.230 e. The first kappa shape index (κ1) is 19.4. The van der Waals surface area contributed by atoms with Crippen LogP contribution in [0.4, 0.5) is 0 Å². The van der Waals surface area contributed by atoms with Crippen molar-refractivity contribution in [2.75, 3.05) is 13.1 Å². The molecule has 4 rings (SSSR count). The number of carbonyl (C=O) groups excluding carboxylic acids is 2. The standard InChI is InChI=1S/C23H33N3O2/c1-2-19(15-6-4-3-5-7-15)23(28)26-12-10-18(11-13-26)25-22(27)20-16-8-9-17(14-16)21(20)24/h3-7,16-21H,2,8-14,24H2,1H3,(H,25,27). The summed E-state index contributed by atoms with van der Waals surface area (Å²) in [7, 11) is 0. The summed E-state index contributed by atoms with van der Waals surface area (Å²) < 4.78 is 0. The van der Waals surface area contributed by atoms with Gasteiger partial charge in [0.15, 0.2) is 0 Å². The van der Waals surface area contributed by atoms with E-state index in [9.17, 15) is 9.59 Å². The van der Waals surface area contributed by atoms with Crippen LogP contribution in [0.3, 0.4) is 0 Å². The SMILES string of the molecule is CCC(C(=O)N1CCC(NC(=O)C2C3CCC(C3)C2N)CC1)c1ccccc1. The lowest BCUT2D eigenvalue weighted by atomic mass is 9.84. The molecular formula is C23H33N3O2. The van der Waals surface area contributed by atoms with Gasteiger partial charge < -0.3 is 16.0 Å². The molecule has 1 aliphatic heterocycles. The van der Waals surface area contributed by atoms with Crippen LogP contribution in [0.15, 0.2) is 30.3 Å². The number of amides is 2. The van der Waals surface area contributed by atoms with Crippen LogP contribution in [0, 0.1) is 17.8 Å². The van der Waals surface area contributed by atoms with E-state index in [2.05, 4.69) is 12.2 Å². The van der Waals surface area contributed by atoms with Crippen molar-refractivity contribution in [2.24, 2.45) is 23.5 Å². The molecule has 0 spiro atoms. The first-order chi connectivity index (χ1) is 13.6. The molecule has 0 radical (unpaired) electrons. The van der Waals surface area contributed by atoms with E-state index in [-0.39, 0.29) is 35.7 Å². The lowest BCUT2D eigenvalue weighted by Crippen LogP contribution is -2.52. The van der Waals surface area contributed by atoms with Gasteiger partial charge in [0.2, 0.25) is 11.8 Å². The molecule has 2 saturated carbocycles. The molecule has 2 aliphatic carbocycles. The molecule has 2 amide bonds. The summed E-state index contributed by atoms with van der Waals surface area (Å²) in [5.74, 6) is 1.33. The fraction of sp³-hybridized carbons (Fsp3) is 0.652. The summed E-state index contributed by atoms with van der Waals surface area (Å²) in [5.41, 5.74) is 7.42. The minimum atomic E-state index is -0.0700. The Morgan fingerprint density at radius 1 is 1.11 bits per heavy atom. The number of rotatable bonds is 5. The van der Waals surface area contributed by atoms with Crippen molar-refractivity contribution in [3.8, 4) is 0 Å². The van der Waals surface area contributed by atoms with Gasteiger partial charge in [-0.15, -0.1) is 0 Å². The minimum absolute atomic E-state index is 0.000893. The van der Waals surface area contributed by atoms with Crippen LogP contribution in [-0.2, 0) is 9.59 Å². The van der Waals surface area contributed by atoms with Gasteiger partial charge in [-0.1, -0.05) is 37.3 Å². The molecule has 5 atom stereocenters. The Labute approximate surface area is 168 Å². The van der Waals surface area contributed by atoms with Crippen molar-refractivity contribution in [3.05, 3.63) is 35.9 Å². The smallest absolute Gasteiger partial charge is 0.230 e. The van der Waals surface area contributed by atoms with E-state index >= 15 is 0 Å². The predicted molar refractivity (Wildman–Crippen MR) is 110 cm³/mol. The van der Waals surface area contributed by atoms with E-state index in [1.807, 2.05) is 35.2 Å². The van der Waals surface area contributed by atoms with Crippen molar-refractivity contribution in [2.45, 2.75) is 63.5 Å². The van der Waals surface area contributed by atoms with Gasteiger partial charge in [-0.05, 0) is 55.9 Å². The number of hydrogen-bond acceptors (Lipinski definition) is 3. The summed E-state index contributed by atoms with van der Waals surface area (Å²) >= 11 is 0. The number of likely N-dealkylation sites (tertiary alicyclic amines) is 1. The molecule has 5 nitrogen and oxygen atoms in total. The summed E-state index contributed by atoms with van der Waals surface area (Å²) in [4.78, 5) is 27.8. The molecule has 0 aromatic heterocycles. The first-order valence-electron chi connectivity index (χ1n) is 11.0. The van der Waals surface area contributed by atoms with Crippen LogP contribution < -0.4 is 11.1 Å². The van der Waals surface area contributed by atoms with Crippen LogP contribution in [0.1, 0.15) is 56.9 Å². The van der Waals surface area contributed by atoms with E-state index in [1.54, 1.807) is 0 Å². The van der Waals surface area contributed by atoms with Crippen molar-refractivity contribution in [3.63, 3.8) is 0 Å². The van der Waals surface area contributed by atoms with Crippen molar-refractivity contribution >= 4 is 11.8 Å². The number of carbonyl (C=O) groups is 2. The average Bonchev–Trinajstić information content (AvgIpc) is 3.31. The topological polar surface area (TPSA) is 75.4 Å². The molecule has 3 N–H and O–H groups in total. The van der Waals surface area contributed by atoms with Crippen LogP contribution in [0.5, 0.6) is 0 Å². The molecule has 3 fully saturated rings. The lowest BCUT2D eigenvalue weighted by molar-refractivity contribution is -0.134. The van der Waals surface area contributed by atoms with Crippen LogP contribution in [-0.4, -0.2) is 41.9 Å². The zero-order valence-electron chi connectivity index (χ0n) is 16.8. The summed E-state index contributed by atoms with van der Waals surface area (Å²) in [5, 5.41) is 3.25. The van der Waals surface area contributed by atoms with Crippen molar-refractivity contribution in [1.29, 1.82) is 0 Å². The van der Waals surface area contributed by atoms with Crippen LogP contribution in [0.2, 0.25) is 0 Å². The first-order valence-corrected chi connectivity index (χ1v) is 11.0. The van der Waals surface area contributed by atoms with E-state index in [0.717, 1.165) is 50.8 Å². The Kier molecular flexibility index (Phi) is 5.72. The number of nitrogens with two attached hydrogens (primary N) is 1. The fourth-order valence-electron chi connectivity index (χ4n) is 5.73. The molecule has 3 aliphatic rings. The molecule has 1 aromatic rings. The Balaban J connectivity index is 1.30. The summed E-state index contributed by atoms with van der Waals surface area (Å²) in [6.45, 7) is 3.51. The van der Waals surface area contributed by atoms with Gasteiger partial charge in [-0.3, -0.25) is 9.59 Å². The van der Waals surface area contributed by atoms with Gasteiger partial charge in [-0.25, -0.2) is 0 Å². The number of nitrogens with zero attached hydrogens (tertiary/aromatic N) is 1. The number of fused-ring (bicyclic) bond motifs is 2. The van der Waals surface area contributed by atoms with Crippen molar-refractivity contribution < 1.29 is 9.59 Å². The second-order valence-corrected chi connectivity index (χ2v) is 8.92. The second-order valence-electron chi connectivity index (χ2n) is 8.92. The van der Waals surface area contributed by atoms with E-state index in [1.165, 1.54) is 6.42 Å². The van der Waals surface area contributed by atoms with Crippen LogP contribution >= 0.6 is 0 Å². The number of benzene rings is 1. The lowest BCUT2D eigenvalue weighted by Gasteiger charge is -2.36. The van der Waals surface area contributed by atoms with Crippen molar-refractivity contribution in [1.82, 2.24) is 10.2 Å². The second kappa shape index (κ2) is 8.24. The molecule has 28 heavy (non-hydrogen) atoms. The number of nitrogens with one attached hydrogen (secondary N) is 1. The van der Waals surface area contributed by atoms with E-state index in [4.69, 9.17) is 5.73 Å². The third-order valence-corrected chi connectivity index (χ3v) is 7.34. The average molecular weight is 384 g/mol. The fourth-order valence-corrected chi connectivity index (χ4v) is 5.73.